The number of nitrogens with zero attached hydrogens (tertiary/aromatic N) is 1. The highest BCUT2D eigenvalue weighted by Gasteiger charge is 2.44. The van der Waals surface area contributed by atoms with E-state index in [1.165, 1.54) is 38.5 Å². The molecule has 2 nitrogen and oxygen atoms in total. The first-order valence-electron chi connectivity index (χ1n) is 6.93. The number of carbonyl (C=O) groups is 1. The number of carbonyl (C=O) groups excluding carboxylic acids is 1. The molecule has 17 heavy (non-hydrogen) atoms. The second-order valence-electron chi connectivity index (χ2n) is 6.27. The quantitative estimate of drug-likeness (QED) is 0.765. The van der Waals surface area contributed by atoms with Crippen LogP contribution in [0.3, 0.4) is 0 Å². The normalized spacial score (nSPS) is 31.0. The number of rotatable bonds is 4. The van der Waals surface area contributed by atoms with Crippen LogP contribution in [0.4, 0.5) is 0 Å². The molecule has 0 saturated heterocycles. The van der Waals surface area contributed by atoms with Crippen LogP contribution in [0.5, 0.6) is 0 Å². The second kappa shape index (κ2) is 5.21. The van der Waals surface area contributed by atoms with Crippen molar-refractivity contribution in [3.8, 4) is 0 Å². The highest BCUT2D eigenvalue weighted by Crippen LogP contribution is 2.50. The van der Waals surface area contributed by atoms with Gasteiger partial charge in [0.05, 0.1) is 0 Å². The van der Waals surface area contributed by atoms with Crippen molar-refractivity contribution in [3.63, 3.8) is 0 Å². The largest absolute Gasteiger partial charge is 0.343 e. The minimum atomic E-state index is 0.259. The summed E-state index contributed by atoms with van der Waals surface area (Å²) < 4.78 is 0. The Hall–Kier alpha value is -0.180. The molecule has 0 N–H and O–H groups in total. The summed E-state index contributed by atoms with van der Waals surface area (Å²) in [5.41, 5.74) is 0.259. The minimum Gasteiger partial charge on any atom is -0.343 e. The summed E-state index contributed by atoms with van der Waals surface area (Å²) in [6.45, 7) is 2.31. The maximum absolute atomic E-state index is 12.3. The molecule has 0 aromatic heterocycles. The third kappa shape index (κ3) is 3.18. The van der Waals surface area contributed by atoms with E-state index in [1.807, 2.05) is 11.9 Å². The molecular weight excluding hydrogens is 230 g/mol. The summed E-state index contributed by atoms with van der Waals surface area (Å²) in [4.78, 5) is 14.3. The van der Waals surface area contributed by atoms with Gasteiger partial charge in [0.2, 0.25) is 5.91 Å². The fourth-order valence-electron chi connectivity index (χ4n) is 2.97. The van der Waals surface area contributed by atoms with Gasteiger partial charge in [-0.15, -0.1) is 0 Å². The summed E-state index contributed by atoms with van der Waals surface area (Å²) in [5, 5.41) is 0. The first kappa shape index (κ1) is 13.3. The summed E-state index contributed by atoms with van der Waals surface area (Å²) in [6, 6.07) is 0.488. The van der Waals surface area contributed by atoms with Crippen LogP contribution in [0, 0.1) is 11.3 Å². The van der Waals surface area contributed by atoms with E-state index in [0.29, 0.717) is 11.9 Å². The fraction of sp³-hybridized carbons (Fsp3) is 0.929. The molecule has 0 bridgehead atoms. The van der Waals surface area contributed by atoms with Crippen LogP contribution in [0.15, 0.2) is 0 Å². The van der Waals surface area contributed by atoms with Gasteiger partial charge in [-0.2, -0.15) is 12.6 Å². The van der Waals surface area contributed by atoms with Crippen LogP contribution in [0.1, 0.15) is 51.9 Å². The monoisotopic (exact) mass is 255 g/mol. The van der Waals surface area contributed by atoms with Crippen molar-refractivity contribution in [2.45, 2.75) is 57.9 Å². The lowest BCUT2D eigenvalue weighted by Gasteiger charge is -2.35. The Bertz CT molecular complexity index is 288. The van der Waals surface area contributed by atoms with Crippen molar-refractivity contribution >= 4 is 18.5 Å². The lowest BCUT2D eigenvalue weighted by molar-refractivity contribution is -0.133. The standard InChI is InChI=1S/C14H25NOS/c1-11-4-3-5-12(8-11)15(2)13(16)9-14(10-17)6-7-14/h11-12,17H,3-10H2,1-2H3. The SMILES string of the molecule is CC1CCCC(N(C)C(=O)CC2(CS)CC2)C1. The molecule has 0 radical (unpaired) electrons. The van der Waals surface area contributed by atoms with Crippen molar-refractivity contribution in [3.05, 3.63) is 0 Å². The van der Waals surface area contributed by atoms with Crippen LogP contribution in [0.2, 0.25) is 0 Å². The molecule has 0 aliphatic heterocycles. The van der Waals surface area contributed by atoms with E-state index in [4.69, 9.17) is 0 Å². The zero-order chi connectivity index (χ0) is 12.5. The lowest BCUT2D eigenvalue weighted by atomic mass is 9.86. The molecular formula is C14H25NOS. The first-order chi connectivity index (χ1) is 8.06. The molecule has 2 unspecified atom stereocenters. The topological polar surface area (TPSA) is 20.3 Å². The maximum Gasteiger partial charge on any atom is 0.223 e. The Balaban J connectivity index is 1.86. The summed E-state index contributed by atoms with van der Waals surface area (Å²) in [6.07, 6.45) is 8.10. The Kier molecular flexibility index (Phi) is 4.06. The van der Waals surface area contributed by atoms with Crippen molar-refractivity contribution in [1.82, 2.24) is 4.90 Å². The van der Waals surface area contributed by atoms with Gasteiger partial charge in [0.15, 0.2) is 0 Å². The highest BCUT2D eigenvalue weighted by molar-refractivity contribution is 7.80. The molecule has 1 amide bonds. The Morgan fingerprint density at radius 1 is 1.41 bits per heavy atom. The van der Waals surface area contributed by atoms with Gasteiger partial charge in [-0.05, 0) is 42.8 Å². The number of hydrogen-bond donors (Lipinski definition) is 1. The van der Waals surface area contributed by atoms with Crippen LogP contribution in [-0.2, 0) is 4.79 Å². The Labute approximate surface area is 111 Å². The van der Waals surface area contributed by atoms with Gasteiger partial charge < -0.3 is 4.90 Å². The van der Waals surface area contributed by atoms with Crippen molar-refractivity contribution in [2.75, 3.05) is 12.8 Å². The summed E-state index contributed by atoms with van der Waals surface area (Å²) in [5.74, 6) is 1.99. The highest BCUT2D eigenvalue weighted by atomic mass is 32.1. The molecule has 2 aliphatic rings. The zero-order valence-electron chi connectivity index (χ0n) is 11.1. The molecule has 0 aromatic rings. The third-order valence-corrected chi connectivity index (χ3v) is 5.34. The predicted molar refractivity (Wildman–Crippen MR) is 74.3 cm³/mol. The van der Waals surface area contributed by atoms with Crippen LogP contribution in [-0.4, -0.2) is 29.6 Å². The molecule has 0 spiro atoms. The molecule has 98 valence electrons. The van der Waals surface area contributed by atoms with Gasteiger partial charge in [-0.25, -0.2) is 0 Å². The van der Waals surface area contributed by atoms with Gasteiger partial charge in [0.1, 0.15) is 0 Å². The smallest absolute Gasteiger partial charge is 0.223 e. The molecule has 3 heteroatoms. The predicted octanol–water partition coefficient (Wildman–Crippen LogP) is 3.12. The molecule has 2 aliphatic carbocycles. The first-order valence-corrected chi connectivity index (χ1v) is 7.56. The van der Waals surface area contributed by atoms with Gasteiger partial charge in [-0.1, -0.05) is 19.8 Å². The van der Waals surface area contributed by atoms with Crippen LogP contribution >= 0.6 is 12.6 Å². The number of hydrogen-bond acceptors (Lipinski definition) is 2. The van der Waals surface area contributed by atoms with E-state index in [9.17, 15) is 4.79 Å². The second-order valence-corrected chi connectivity index (χ2v) is 6.58. The fourth-order valence-corrected chi connectivity index (χ4v) is 3.40. The summed E-state index contributed by atoms with van der Waals surface area (Å²) in [7, 11) is 2.00. The van der Waals surface area contributed by atoms with Gasteiger partial charge in [0.25, 0.3) is 0 Å². The summed E-state index contributed by atoms with van der Waals surface area (Å²) >= 11 is 4.38. The number of amides is 1. The van der Waals surface area contributed by atoms with Gasteiger partial charge in [0, 0.05) is 19.5 Å². The molecule has 2 saturated carbocycles. The van der Waals surface area contributed by atoms with Gasteiger partial charge in [-0.3, -0.25) is 4.79 Å². The van der Waals surface area contributed by atoms with E-state index in [1.54, 1.807) is 0 Å². The van der Waals surface area contributed by atoms with Crippen LogP contribution in [0.25, 0.3) is 0 Å². The average molecular weight is 255 g/mol. The third-order valence-electron chi connectivity index (χ3n) is 4.67. The van der Waals surface area contributed by atoms with Crippen LogP contribution < -0.4 is 0 Å². The molecule has 0 aromatic carbocycles. The Morgan fingerprint density at radius 2 is 2.12 bits per heavy atom. The van der Waals surface area contributed by atoms with E-state index in [0.717, 1.165) is 18.1 Å². The van der Waals surface area contributed by atoms with E-state index in [-0.39, 0.29) is 5.41 Å². The van der Waals surface area contributed by atoms with E-state index >= 15 is 0 Å². The average Bonchev–Trinajstić information content (AvgIpc) is 3.08. The van der Waals surface area contributed by atoms with E-state index in [2.05, 4.69) is 19.6 Å². The van der Waals surface area contributed by atoms with Gasteiger partial charge >= 0.3 is 0 Å². The molecule has 2 rings (SSSR count). The van der Waals surface area contributed by atoms with Crippen molar-refractivity contribution in [1.29, 1.82) is 0 Å². The number of thiol groups is 1. The molecule has 2 fully saturated rings. The minimum absolute atomic E-state index is 0.259. The maximum atomic E-state index is 12.3. The zero-order valence-corrected chi connectivity index (χ0v) is 12.0. The Morgan fingerprint density at radius 3 is 2.65 bits per heavy atom. The van der Waals surface area contributed by atoms with Crippen molar-refractivity contribution in [2.24, 2.45) is 11.3 Å². The van der Waals surface area contributed by atoms with E-state index < -0.39 is 0 Å². The van der Waals surface area contributed by atoms with Crippen molar-refractivity contribution < 1.29 is 4.79 Å². The molecule has 0 heterocycles. The lowest BCUT2D eigenvalue weighted by Crippen LogP contribution is -2.40. The molecule has 2 atom stereocenters.